The third kappa shape index (κ3) is 5.64. The van der Waals surface area contributed by atoms with Gasteiger partial charge in [-0.25, -0.2) is 9.55 Å². The first kappa shape index (κ1) is 18.5. The second kappa shape index (κ2) is 7.84. The summed E-state index contributed by atoms with van der Waals surface area (Å²) in [6.45, 7) is 0.892. The van der Waals surface area contributed by atoms with Crippen molar-refractivity contribution in [1.29, 1.82) is 0 Å². The molecule has 0 aliphatic rings. The van der Waals surface area contributed by atoms with Gasteiger partial charge in [0, 0.05) is 6.66 Å². The van der Waals surface area contributed by atoms with Crippen LogP contribution in [0.2, 0.25) is 0 Å². The number of anilines is 2. The summed E-state index contributed by atoms with van der Waals surface area (Å²) in [4.78, 5) is 24.5. The SMILES string of the molecule is CP(=O)(O)Oc1ccccc1/N=N/c1ccc(NC(=O)CN)nc1N. The van der Waals surface area contributed by atoms with E-state index < -0.39 is 13.5 Å². The van der Waals surface area contributed by atoms with E-state index in [9.17, 15) is 14.3 Å². The predicted molar refractivity (Wildman–Crippen MR) is 93.3 cm³/mol. The number of rotatable bonds is 6. The molecule has 11 heteroatoms. The summed E-state index contributed by atoms with van der Waals surface area (Å²) >= 11 is 0. The minimum absolute atomic E-state index is 0.0419. The fraction of sp³-hybridized carbons (Fsp3) is 0.143. The lowest BCUT2D eigenvalue weighted by Gasteiger charge is -2.10. The fourth-order valence-electron chi connectivity index (χ4n) is 1.72. The van der Waals surface area contributed by atoms with Crippen LogP contribution in [0.25, 0.3) is 0 Å². The molecule has 0 bridgehead atoms. The van der Waals surface area contributed by atoms with Crippen LogP contribution in [0.4, 0.5) is 23.0 Å². The molecule has 0 fully saturated rings. The zero-order valence-electron chi connectivity index (χ0n) is 13.3. The molecule has 1 atom stereocenters. The van der Waals surface area contributed by atoms with E-state index in [0.29, 0.717) is 0 Å². The van der Waals surface area contributed by atoms with Crippen molar-refractivity contribution in [2.24, 2.45) is 16.0 Å². The van der Waals surface area contributed by atoms with Crippen LogP contribution in [0, 0.1) is 0 Å². The van der Waals surface area contributed by atoms with Crippen molar-refractivity contribution >= 4 is 36.5 Å². The molecule has 0 radical (unpaired) electrons. The Morgan fingerprint density at radius 2 is 1.96 bits per heavy atom. The first-order valence-corrected chi connectivity index (χ1v) is 9.08. The third-order valence-corrected chi connectivity index (χ3v) is 3.29. The van der Waals surface area contributed by atoms with Crippen LogP contribution in [-0.2, 0) is 9.36 Å². The molecule has 1 amide bonds. The number of nitrogens with zero attached hydrogens (tertiary/aromatic N) is 3. The Balaban J connectivity index is 2.22. The molecule has 1 aromatic heterocycles. The maximum atomic E-state index is 11.4. The quantitative estimate of drug-likeness (QED) is 0.450. The molecule has 0 spiro atoms. The first-order chi connectivity index (χ1) is 11.8. The summed E-state index contributed by atoms with van der Waals surface area (Å²) in [6.07, 6.45) is 0. The van der Waals surface area contributed by atoms with E-state index in [1.807, 2.05) is 0 Å². The maximum Gasteiger partial charge on any atom is 0.373 e. The second-order valence-corrected chi connectivity index (χ2v) is 6.70. The standard InChI is InChI=1S/C14H17N6O4P/c1-25(22,23)24-11-5-3-2-4-9(11)19-20-10-6-7-12(18-14(10)16)17-13(21)8-15/h2-7H,8,15H2,1H3,(H,22,23)(H3,16,17,18,21)/b20-19+. The van der Waals surface area contributed by atoms with Gasteiger partial charge in [0.05, 0.1) is 6.54 Å². The van der Waals surface area contributed by atoms with Crippen molar-refractivity contribution in [2.45, 2.75) is 0 Å². The molecule has 6 N–H and O–H groups in total. The normalized spacial score (nSPS) is 13.4. The van der Waals surface area contributed by atoms with Crippen molar-refractivity contribution in [3.63, 3.8) is 0 Å². The number of nitrogens with two attached hydrogens (primary N) is 2. The minimum Gasteiger partial charge on any atom is -0.422 e. The van der Waals surface area contributed by atoms with E-state index >= 15 is 0 Å². The molecule has 25 heavy (non-hydrogen) atoms. The molecule has 10 nitrogen and oxygen atoms in total. The van der Waals surface area contributed by atoms with Gasteiger partial charge in [0.25, 0.3) is 0 Å². The Morgan fingerprint density at radius 1 is 1.28 bits per heavy atom. The lowest BCUT2D eigenvalue weighted by molar-refractivity contribution is -0.114. The fourth-order valence-corrected chi connectivity index (χ4v) is 2.24. The highest BCUT2D eigenvalue weighted by Crippen LogP contribution is 2.42. The second-order valence-electron chi connectivity index (χ2n) is 4.92. The number of carbonyl (C=O) groups is 1. The van der Waals surface area contributed by atoms with Gasteiger partial charge in [-0.3, -0.25) is 4.79 Å². The number of nitrogens with one attached hydrogen (secondary N) is 1. The highest BCUT2D eigenvalue weighted by molar-refractivity contribution is 7.52. The number of pyridine rings is 1. The number of benzene rings is 1. The average molecular weight is 364 g/mol. The van der Waals surface area contributed by atoms with Gasteiger partial charge in [-0.05, 0) is 24.3 Å². The van der Waals surface area contributed by atoms with E-state index in [2.05, 4.69) is 20.5 Å². The summed E-state index contributed by atoms with van der Waals surface area (Å²) < 4.78 is 16.4. The van der Waals surface area contributed by atoms with E-state index in [-0.39, 0.29) is 35.3 Å². The largest absolute Gasteiger partial charge is 0.422 e. The van der Waals surface area contributed by atoms with Crippen molar-refractivity contribution in [2.75, 3.05) is 24.3 Å². The topological polar surface area (TPSA) is 165 Å². The highest BCUT2D eigenvalue weighted by atomic mass is 31.2. The lowest BCUT2D eigenvalue weighted by Crippen LogP contribution is -2.22. The van der Waals surface area contributed by atoms with Crippen LogP contribution < -0.4 is 21.3 Å². The summed E-state index contributed by atoms with van der Waals surface area (Å²) in [5.41, 5.74) is 11.5. The van der Waals surface area contributed by atoms with Crippen LogP contribution in [0.1, 0.15) is 0 Å². The van der Waals surface area contributed by atoms with Gasteiger partial charge in [-0.15, -0.1) is 10.2 Å². The number of amides is 1. The number of hydrogen-bond acceptors (Lipinski definition) is 8. The summed E-state index contributed by atoms with van der Waals surface area (Å²) in [5, 5.41) is 10.4. The van der Waals surface area contributed by atoms with Crippen LogP contribution in [0.5, 0.6) is 5.75 Å². The van der Waals surface area contributed by atoms with Crippen LogP contribution in [0.15, 0.2) is 46.6 Å². The Kier molecular flexibility index (Phi) is 5.81. The molecule has 1 aromatic carbocycles. The maximum absolute atomic E-state index is 11.4. The zero-order valence-corrected chi connectivity index (χ0v) is 14.2. The summed E-state index contributed by atoms with van der Waals surface area (Å²) in [5.74, 6) is -0.0126. The van der Waals surface area contributed by atoms with E-state index in [1.54, 1.807) is 18.2 Å². The minimum atomic E-state index is -3.73. The Morgan fingerprint density at radius 3 is 2.60 bits per heavy atom. The Hall–Kier alpha value is -2.81. The van der Waals surface area contributed by atoms with Crippen molar-refractivity contribution < 1.29 is 18.8 Å². The predicted octanol–water partition coefficient (Wildman–Crippen LogP) is 2.17. The number of azo groups is 1. The number of nitrogen functional groups attached to an aromatic ring is 1. The van der Waals surface area contributed by atoms with Gasteiger partial charge in [0.2, 0.25) is 5.91 Å². The van der Waals surface area contributed by atoms with Crippen molar-refractivity contribution in [1.82, 2.24) is 4.98 Å². The molecular weight excluding hydrogens is 347 g/mol. The molecule has 2 aromatic rings. The van der Waals surface area contributed by atoms with Crippen molar-refractivity contribution in [3.8, 4) is 5.75 Å². The molecule has 1 unspecified atom stereocenters. The van der Waals surface area contributed by atoms with Gasteiger partial charge in [0.1, 0.15) is 17.2 Å². The molecule has 2 rings (SSSR count). The Labute approximate surface area is 143 Å². The van der Waals surface area contributed by atoms with Crippen LogP contribution in [0.3, 0.4) is 0 Å². The van der Waals surface area contributed by atoms with Gasteiger partial charge < -0.3 is 26.2 Å². The third-order valence-electron chi connectivity index (χ3n) is 2.75. The van der Waals surface area contributed by atoms with Crippen molar-refractivity contribution in [3.05, 3.63) is 36.4 Å². The number of para-hydroxylation sites is 1. The van der Waals surface area contributed by atoms with Crippen LogP contribution >= 0.6 is 7.60 Å². The highest BCUT2D eigenvalue weighted by Gasteiger charge is 2.14. The van der Waals surface area contributed by atoms with Gasteiger partial charge in [0.15, 0.2) is 11.6 Å². The lowest BCUT2D eigenvalue weighted by atomic mass is 10.3. The summed E-state index contributed by atoms with van der Waals surface area (Å²) in [7, 11) is -3.73. The van der Waals surface area contributed by atoms with E-state index in [1.165, 1.54) is 18.2 Å². The molecule has 0 aliphatic carbocycles. The number of aromatic nitrogens is 1. The monoisotopic (exact) mass is 364 g/mol. The van der Waals surface area contributed by atoms with E-state index in [4.69, 9.17) is 16.0 Å². The molecule has 1 heterocycles. The molecule has 0 aliphatic heterocycles. The van der Waals surface area contributed by atoms with Crippen LogP contribution in [-0.4, -0.2) is 29.0 Å². The smallest absolute Gasteiger partial charge is 0.373 e. The van der Waals surface area contributed by atoms with Gasteiger partial charge >= 0.3 is 7.60 Å². The average Bonchev–Trinajstić information content (AvgIpc) is 2.54. The van der Waals surface area contributed by atoms with E-state index in [0.717, 1.165) is 6.66 Å². The number of carbonyl (C=O) groups excluding carboxylic acids is 1. The molecular formula is C14H17N6O4P. The summed E-state index contributed by atoms with van der Waals surface area (Å²) in [6, 6.07) is 9.37. The number of hydrogen-bond donors (Lipinski definition) is 4. The molecule has 0 saturated carbocycles. The molecule has 0 saturated heterocycles. The van der Waals surface area contributed by atoms with Gasteiger partial charge in [-0.2, -0.15) is 0 Å². The zero-order chi connectivity index (χ0) is 18.4. The van der Waals surface area contributed by atoms with Gasteiger partial charge in [-0.1, -0.05) is 12.1 Å². The Bertz CT molecular complexity index is 851. The molecule has 132 valence electrons. The first-order valence-electron chi connectivity index (χ1n) is 7.05.